The molecule has 0 aliphatic heterocycles. The molecule has 1 rings (SSSR count). The van der Waals surface area contributed by atoms with Crippen molar-refractivity contribution in [1.82, 2.24) is 4.98 Å². The average Bonchev–Trinajstić information content (AvgIpc) is 2.04. The first-order valence-electron chi connectivity index (χ1n) is 4.63. The summed E-state index contributed by atoms with van der Waals surface area (Å²) in [6.07, 6.45) is 3.66. The van der Waals surface area contributed by atoms with E-state index in [4.69, 9.17) is 4.74 Å². The topological polar surface area (TPSA) is 22.1 Å². The van der Waals surface area contributed by atoms with Gasteiger partial charge in [0.1, 0.15) is 5.75 Å². The van der Waals surface area contributed by atoms with Crippen LogP contribution in [0.5, 0.6) is 5.75 Å². The monoisotopic (exact) mass is 195 g/mol. The summed E-state index contributed by atoms with van der Waals surface area (Å²) in [5.74, 6) is 0.962. The molecule has 2 nitrogen and oxygen atoms in total. The van der Waals surface area contributed by atoms with Crippen molar-refractivity contribution in [3.8, 4) is 5.75 Å². The molecule has 0 fully saturated rings. The van der Waals surface area contributed by atoms with Crippen molar-refractivity contribution in [3.05, 3.63) is 18.5 Å². The normalized spacial score (nSPS) is 11.4. The largest absolute Gasteiger partial charge is 0.492 e. The first-order valence-corrected chi connectivity index (χ1v) is 8.13. The molecule has 72 valence electrons. The maximum Gasteiger partial charge on any atom is 0.136 e. The molecule has 0 N–H and O–H groups in total. The molecule has 3 heteroatoms. The quantitative estimate of drug-likeness (QED) is 0.688. The summed E-state index contributed by atoms with van der Waals surface area (Å²) in [6.45, 7) is 9.64. The summed E-state index contributed by atoms with van der Waals surface area (Å²) in [4.78, 5) is 4.07. The van der Waals surface area contributed by atoms with Crippen molar-refractivity contribution in [1.29, 1.82) is 0 Å². The van der Waals surface area contributed by atoms with Gasteiger partial charge in [0, 0.05) is 6.20 Å². The minimum absolute atomic E-state index is 0.711. The van der Waals surface area contributed by atoms with Crippen LogP contribution < -0.4 is 9.92 Å². The fraction of sp³-hybridized carbons (Fsp3) is 0.500. The van der Waals surface area contributed by atoms with Gasteiger partial charge in [-0.15, -0.1) is 0 Å². The number of hydrogen-bond acceptors (Lipinski definition) is 2. The third-order valence-corrected chi connectivity index (χ3v) is 3.92. The van der Waals surface area contributed by atoms with E-state index in [0.29, 0.717) is 6.61 Å². The van der Waals surface area contributed by atoms with Gasteiger partial charge in [-0.05, 0) is 18.2 Å². The van der Waals surface area contributed by atoms with Crippen LogP contribution in [-0.2, 0) is 0 Å². The second-order valence-electron chi connectivity index (χ2n) is 4.05. The van der Waals surface area contributed by atoms with E-state index in [-0.39, 0.29) is 0 Å². The van der Waals surface area contributed by atoms with Gasteiger partial charge >= 0.3 is 0 Å². The summed E-state index contributed by atoms with van der Waals surface area (Å²) in [7, 11) is -1.28. The van der Waals surface area contributed by atoms with E-state index in [9.17, 15) is 0 Å². The predicted molar refractivity (Wildman–Crippen MR) is 58.4 cm³/mol. The molecule has 0 atom stereocenters. The van der Waals surface area contributed by atoms with Crippen LogP contribution in [0, 0.1) is 0 Å². The highest BCUT2D eigenvalue weighted by atomic mass is 28.3. The van der Waals surface area contributed by atoms with Gasteiger partial charge in [0.2, 0.25) is 0 Å². The zero-order valence-corrected chi connectivity index (χ0v) is 9.79. The van der Waals surface area contributed by atoms with Crippen LogP contribution in [0.1, 0.15) is 6.92 Å². The SMILES string of the molecule is CCOc1cnccc1[Si](C)(C)C. The molecule has 0 aromatic carbocycles. The van der Waals surface area contributed by atoms with E-state index in [1.54, 1.807) is 0 Å². The predicted octanol–water partition coefficient (Wildman–Crippen LogP) is 2.03. The molecule has 0 radical (unpaired) electrons. The van der Waals surface area contributed by atoms with Gasteiger partial charge in [0.25, 0.3) is 0 Å². The fourth-order valence-electron chi connectivity index (χ4n) is 1.27. The Hall–Kier alpha value is -0.833. The van der Waals surface area contributed by atoms with Crippen LogP contribution in [0.15, 0.2) is 18.5 Å². The Labute approximate surface area is 81.0 Å². The standard InChI is InChI=1S/C10H17NOSi/c1-5-12-9-8-11-7-6-10(9)13(2,3)4/h6-8H,5H2,1-4H3. The Morgan fingerprint density at radius 1 is 1.38 bits per heavy atom. The number of nitrogens with zero attached hydrogens (tertiary/aromatic N) is 1. The molecule has 0 unspecified atom stereocenters. The third-order valence-electron chi connectivity index (χ3n) is 1.89. The zero-order chi connectivity index (χ0) is 9.90. The van der Waals surface area contributed by atoms with Crippen molar-refractivity contribution >= 4 is 13.3 Å². The zero-order valence-electron chi connectivity index (χ0n) is 8.79. The number of ether oxygens (including phenoxy) is 1. The van der Waals surface area contributed by atoms with Crippen LogP contribution in [-0.4, -0.2) is 19.7 Å². The highest BCUT2D eigenvalue weighted by Crippen LogP contribution is 2.12. The lowest BCUT2D eigenvalue weighted by atomic mass is 10.4. The summed E-state index contributed by atoms with van der Waals surface area (Å²) in [6, 6.07) is 2.08. The average molecular weight is 195 g/mol. The van der Waals surface area contributed by atoms with Crippen LogP contribution in [0.25, 0.3) is 0 Å². The van der Waals surface area contributed by atoms with E-state index in [2.05, 4.69) is 30.7 Å². The van der Waals surface area contributed by atoms with Crippen molar-refractivity contribution < 1.29 is 4.74 Å². The van der Waals surface area contributed by atoms with E-state index >= 15 is 0 Å². The molecule has 0 bridgehead atoms. The van der Waals surface area contributed by atoms with Crippen LogP contribution in [0.4, 0.5) is 0 Å². The molecule has 0 spiro atoms. The van der Waals surface area contributed by atoms with Gasteiger partial charge in [-0.1, -0.05) is 19.6 Å². The minimum Gasteiger partial charge on any atom is -0.492 e. The van der Waals surface area contributed by atoms with Gasteiger partial charge in [-0.2, -0.15) is 0 Å². The first-order chi connectivity index (χ1) is 6.05. The molecule has 1 aromatic rings. The van der Waals surface area contributed by atoms with Gasteiger partial charge in [0.05, 0.1) is 20.9 Å². The van der Waals surface area contributed by atoms with Gasteiger partial charge in [-0.3, -0.25) is 4.98 Å². The maximum absolute atomic E-state index is 5.54. The summed E-state index contributed by atoms with van der Waals surface area (Å²) in [5.41, 5.74) is 0. The molecule has 0 saturated carbocycles. The van der Waals surface area contributed by atoms with Gasteiger partial charge in [0.15, 0.2) is 0 Å². The summed E-state index contributed by atoms with van der Waals surface area (Å²) >= 11 is 0. The Morgan fingerprint density at radius 2 is 2.08 bits per heavy atom. The lowest BCUT2D eigenvalue weighted by molar-refractivity contribution is 0.341. The van der Waals surface area contributed by atoms with Crippen molar-refractivity contribution in [3.63, 3.8) is 0 Å². The molecule has 1 heterocycles. The van der Waals surface area contributed by atoms with Crippen LogP contribution in [0.3, 0.4) is 0 Å². The van der Waals surface area contributed by atoms with Crippen molar-refractivity contribution in [2.24, 2.45) is 0 Å². The molecule has 0 aliphatic rings. The highest BCUT2D eigenvalue weighted by Gasteiger charge is 2.20. The van der Waals surface area contributed by atoms with E-state index in [1.165, 1.54) is 5.19 Å². The lowest BCUT2D eigenvalue weighted by Crippen LogP contribution is -2.38. The highest BCUT2D eigenvalue weighted by molar-refractivity contribution is 6.89. The molecule has 0 aliphatic carbocycles. The maximum atomic E-state index is 5.54. The van der Waals surface area contributed by atoms with Crippen molar-refractivity contribution in [2.75, 3.05) is 6.61 Å². The van der Waals surface area contributed by atoms with Crippen LogP contribution in [0.2, 0.25) is 19.6 Å². The number of hydrogen-bond donors (Lipinski definition) is 0. The smallest absolute Gasteiger partial charge is 0.136 e. The van der Waals surface area contributed by atoms with Crippen LogP contribution >= 0.6 is 0 Å². The molecular weight excluding hydrogens is 178 g/mol. The fourth-order valence-corrected chi connectivity index (χ4v) is 2.72. The van der Waals surface area contributed by atoms with E-state index < -0.39 is 8.07 Å². The number of rotatable bonds is 3. The molecule has 0 amide bonds. The third kappa shape index (κ3) is 2.55. The Balaban J connectivity index is 3.05. The summed E-state index contributed by atoms with van der Waals surface area (Å²) in [5, 5.41) is 1.35. The first kappa shape index (κ1) is 10.2. The molecule has 13 heavy (non-hydrogen) atoms. The second kappa shape index (κ2) is 3.92. The van der Waals surface area contributed by atoms with Gasteiger partial charge in [-0.25, -0.2) is 0 Å². The van der Waals surface area contributed by atoms with Gasteiger partial charge < -0.3 is 4.74 Å². The Kier molecular flexibility index (Phi) is 3.09. The molecule has 1 aromatic heterocycles. The number of aromatic nitrogens is 1. The Bertz CT molecular complexity index is 280. The number of pyridine rings is 1. The molecule has 0 saturated heterocycles. The van der Waals surface area contributed by atoms with Crippen molar-refractivity contribution in [2.45, 2.75) is 26.6 Å². The summed E-state index contributed by atoms with van der Waals surface area (Å²) < 4.78 is 5.54. The molecular formula is C10H17NOSi. The lowest BCUT2D eigenvalue weighted by Gasteiger charge is -2.19. The minimum atomic E-state index is -1.28. The second-order valence-corrected chi connectivity index (χ2v) is 9.09. The van der Waals surface area contributed by atoms with E-state index in [1.807, 2.05) is 19.3 Å². The Morgan fingerprint density at radius 3 is 2.62 bits per heavy atom. The van der Waals surface area contributed by atoms with E-state index in [0.717, 1.165) is 5.75 Å².